The topological polar surface area (TPSA) is 41.1 Å². The van der Waals surface area contributed by atoms with Gasteiger partial charge in [-0.25, -0.2) is 0 Å². The molecule has 5 heteroatoms. The van der Waals surface area contributed by atoms with Gasteiger partial charge in [-0.2, -0.15) is 0 Å². The number of thiophene rings is 1. The van der Waals surface area contributed by atoms with Crippen molar-refractivity contribution in [1.82, 2.24) is 10.6 Å². The molecule has 1 amide bonds. The number of carbonyl (C=O) groups excluding carboxylic acids is 1. The number of hydrogen-bond acceptors (Lipinski definition) is 3. The molecule has 3 nitrogen and oxygen atoms in total. The predicted octanol–water partition coefficient (Wildman–Crippen LogP) is 2.66. The van der Waals surface area contributed by atoms with E-state index in [4.69, 9.17) is 0 Å². The summed E-state index contributed by atoms with van der Waals surface area (Å²) < 4.78 is 1.16. The molecule has 2 rings (SSSR count). The molecule has 98 valence electrons. The summed E-state index contributed by atoms with van der Waals surface area (Å²) in [5.74, 6) is 0.0142. The Morgan fingerprint density at radius 2 is 2.06 bits per heavy atom. The smallest absolute Gasteiger partial charge is 0.252 e. The van der Waals surface area contributed by atoms with Crippen LogP contribution in [0.5, 0.6) is 0 Å². The molecule has 0 aliphatic rings. The van der Waals surface area contributed by atoms with Crippen LogP contribution in [0.25, 0.3) is 10.1 Å². The SMILES string of the molecule is CCNCCNC(=O)c1csc2ccccc12.Cl. The van der Waals surface area contributed by atoms with Crippen molar-refractivity contribution in [3.8, 4) is 0 Å². The Bertz CT molecular complexity index is 512. The van der Waals surface area contributed by atoms with Crippen LogP contribution in [0.1, 0.15) is 17.3 Å². The van der Waals surface area contributed by atoms with E-state index in [1.54, 1.807) is 11.3 Å². The molecule has 1 aromatic heterocycles. The van der Waals surface area contributed by atoms with E-state index in [1.807, 2.05) is 36.6 Å². The standard InChI is InChI=1S/C13H16N2OS.ClH/c1-2-14-7-8-15-13(16)11-9-17-12-6-4-3-5-10(11)12;/h3-6,9,14H,2,7-8H2,1H3,(H,15,16);1H. The summed E-state index contributed by atoms with van der Waals surface area (Å²) >= 11 is 1.61. The van der Waals surface area contributed by atoms with E-state index in [0.717, 1.165) is 28.7 Å². The summed E-state index contributed by atoms with van der Waals surface area (Å²) in [6.45, 7) is 4.45. The van der Waals surface area contributed by atoms with Gasteiger partial charge in [0.15, 0.2) is 0 Å². The van der Waals surface area contributed by atoms with E-state index in [0.29, 0.717) is 6.54 Å². The third-order valence-corrected chi connectivity index (χ3v) is 3.53. The number of rotatable bonds is 5. The Morgan fingerprint density at radius 1 is 1.28 bits per heavy atom. The molecular formula is C13H17ClN2OS. The van der Waals surface area contributed by atoms with Crippen LogP contribution in [0.15, 0.2) is 29.6 Å². The summed E-state index contributed by atoms with van der Waals surface area (Å²) in [6, 6.07) is 7.98. The van der Waals surface area contributed by atoms with Gasteiger partial charge in [0.2, 0.25) is 0 Å². The van der Waals surface area contributed by atoms with Gasteiger partial charge in [0.1, 0.15) is 0 Å². The molecule has 0 bridgehead atoms. The third kappa shape index (κ3) is 3.45. The fourth-order valence-corrected chi connectivity index (χ4v) is 2.63. The number of fused-ring (bicyclic) bond motifs is 1. The van der Waals surface area contributed by atoms with Crippen molar-refractivity contribution < 1.29 is 4.79 Å². The van der Waals surface area contributed by atoms with E-state index >= 15 is 0 Å². The molecule has 0 fully saturated rings. The maximum absolute atomic E-state index is 12.0. The van der Waals surface area contributed by atoms with Gasteiger partial charge >= 0.3 is 0 Å². The van der Waals surface area contributed by atoms with E-state index in [2.05, 4.69) is 10.6 Å². The van der Waals surface area contributed by atoms with Crippen LogP contribution in [-0.2, 0) is 0 Å². The molecule has 0 spiro atoms. The van der Waals surface area contributed by atoms with Gasteiger partial charge in [0, 0.05) is 28.6 Å². The van der Waals surface area contributed by atoms with Crippen molar-refractivity contribution in [2.24, 2.45) is 0 Å². The minimum Gasteiger partial charge on any atom is -0.351 e. The lowest BCUT2D eigenvalue weighted by Crippen LogP contribution is -2.31. The molecule has 0 saturated carbocycles. The number of benzene rings is 1. The highest BCUT2D eigenvalue weighted by atomic mass is 35.5. The van der Waals surface area contributed by atoms with Crippen molar-refractivity contribution >= 4 is 39.7 Å². The molecule has 0 aliphatic heterocycles. The van der Waals surface area contributed by atoms with Crippen molar-refractivity contribution in [2.45, 2.75) is 6.92 Å². The maximum atomic E-state index is 12.0. The second-order valence-electron chi connectivity index (χ2n) is 3.75. The van der Waals surface area contributed by atoms with Crippen molar-refractivity contribution in [3.05, 3.63) is 35.2 Å². The normalized spacial score (nSPS) is 10.1. The van der Waals surface area contributed by atoms with Crippen LogP contribution in [0.3, 0.4) is 0 Å². The van der Waals surface area contributed by atoms with Crippen molar-refractivity contribution in [3.63, 3.8) is 0 Å². The lowest BCUT2D eigenvalue weighted by molar-refractivity contribution is 0.0956. The lowest BCUT2D eigenvalue weighted by atomic mass is 10.2. The highest BCUT2D eigenvalue weighted by Crippen LogP contribution is 2.25. The monoisotopic (exact) mass is 284 g/mol. The molecule has 0 atom stereocenters. The first-order chi connectivity index (χ1) is 8.33. The van der Waals surface area contributed by atoms with Gasteiger partial charge < -0.3 is 10.6 Å². The van der Waals surface area contributed by atoms with E-state index in [1.165, 1.54) is 0 Å². The second-order valence-corrected chi connectivity index (χ2v) is 4.67. The van der Waals surface area contributed by atoms with Gasteiger partial charge in [-0.1, -0.05) is 25.1 Å². The van der Waals surface area contributed by atoms with Gasteiger partial charge in [-0.3, -0.25) is 4.79 Å². The fourth-order valence-electron chi connectivity index (χ4n) is 1.69. The molecule has 2 N–H and O–H groups in total. The van der Waals surface area contributed by atoms with Gasteiger partial charge in [0.25, 0.3) is 5.91 Å². The molecule has 1 aromatic carbocycles. The summed E-state index contributed by atoms with van der Waals surface area (Å²) in [5.41, 5.74) is 0.780. The maximum Gasteiger partial charge on any atom is 0.252 e. The summed E-state index contributed by atoms with van der Waals surface area (Å²) in [7, 11) is 0. The second kappa shape index (κ2) is 7.36. The highest BCUT2D eigenvalue weighted by molar-refractivity contribution is 7.17. The molecule has 0 saturated heterocycles. The zero-order valence-electron chi connectivity index (χ0n) is 10.2. The largest absolute Gasteiger partial charge is 0.351 e. The number of amides is 1. The highest BCUT2D eigenvalue weighted by Gasteiger charge is 2.10. The molecule has 1 heterocycles. The van der Waals surface area contributed by atoms with Crippen LogP contribution in [-0.4, -0.2) is 25.5 Å². The summed E-state index contributed by atoms with van der Waals surface area (Å²) in [4.78, 5) is 12.0. The first-order valence-electron chi connectivity index (χ1n) is 5.78. The number of likely N-dealkylation sites (N-methyl/N-ethyl adjacent to an activating group) is 1. The summed E-state index contributed by atoms with van der Waals surface area (Å²) in [6.07, 6.45) is 0. The number of carbonyl (C=O) groups is 1. The number of halogens is 1. The van der Waals surface area contributed by atoms with Crippen LogP contribution < -0.4 is 10.6 Å². The van der Waals surface area contributed by atoms with Crippen LogP contribution in [0, 0.1) is 0 Å². The first-order valence-corrected chi connectivity index (χ1v) is 6.66. The lowest BCUT2D eigenvalue weighted by Gasteiger charge is -2.04. The molecule has 2 aromatic rings. The quantitative estimate of drug-likeness (QED) is 0.829. The van der Waals surface area contributed by atoms with E-state index in [9.17, 15) is 4.79 Å². The fraction of sp³-hybridized carbons (Fsp3) is 0.308. The van der Waals surface area contributed by atoms with Gasteiger partial charge in [-0.05, 0) is 12.6 Å². The first kappa shape index (κ1) is 15.0. The number of nitrogens with one attached hydrogen (secondary N) is 2. The Labute approximate surface area is 117 Å². The molecule has 0 unspecified atom stereocenters. The third-order valence-electron chi connectivity index (χ3n) is 2.56. The molecule has 0 aliphatic carbocycles. The van der Waals surface area contributed by atoms with Crippen LogP contribution in [0.4, 0.5) is 0 Å². The predicted molar refractivity (Wildman–Crippen MR) is 79.9 cm³/mol. The molecular weight excluding hydrogens is 268 g/mol. The average molecular weight is 285 g/mol. The Kier molecular flexibility index (Phi) is 6.12. The summed E-state index contributed by atoms with van der Waals surface area (Å²) in [5, 5.41) is 9.06. The Balaban J connectivity index is 0.00000162. The molecule has 18 heavy (non-hydrogen) atoms. The van der Waals surface area contributed by atoms with Crippen LogP contribution >= 0.6 is 23.7 Å². The minimum atomic E-state index is 0. The van der Waals surface area contributed by atoms with Crippen molar-refractivity contribution in [2.75, 3.05) is 19.6 Å². The van der Waals surface area contributed by atoms with E-state index < -0.39 is 0 Å². The zero-order chi connectivity index (χ0) is 12.1. The van der Waals surface area contributed by atoms with Gasteiger partial charge in [-0.15, -0.1) is 23.7 Å². The van der Waals surface area contributed by atoms with Crippen LogP contribution in [0.2, 0.25) is 0 Å². The van der Waals surface area contributed by atoms with Gasteiger partial charge in [0.05, 0.1) is 5.56 Å². The number of hydrogen-bond donors (Lipinski definition) is 2. The average Bonchev–Trinajstić information content (AvgIpc) is 2.78. The zero-order valence-corrected chi connectivity index (χ0v) is 11.9. The minimum absolute atomic E-state index is 0. The Hall–Kier alpha value is -1.10. The van der Waals surface area contributed by atoms with E-state index in [-0.39, 0.29) is 18.3 Å². The Morgan fingerprint density at radius 3 is 2.83 bits per heavy atom. The van der Waals surface area contributed by atoms with Crippen molar-refractivity contribution in [1.29, 1.82) is 0 Å². The molecule has 0 radical (unpaired) electrons.